The number of carbonyl (C=O) groups excluding carboxylic acids is 1. The van der Waals surface area contributed by atoms with Gasteiger partial charge in [0.1, 0.15) is 5.82 Å². The summed E-state index contributed by atoms with van der Waals surface area (Å²) in [5.41, 5.74) is 3.63. The molecule has 0 radical (unpaired) electrons. The van der Waals surface area contributed by atoms with Gasteiger partial charge in [0, 0.05) is 55.2 Å². The summed E-state index contributed by atoms with van der Waals surface area (Å²) in [4.78, 5) is 14.0. The number of benzene rings is 1. The monoisotopic (exact) mass is 489 g/mol. The molecule has 4 aliphatic rings. The lowest BCUT2D eigenvalue weighted by Gasteiger charge is -2.30. The van der Waals surface area contributed by atoms with Crippen molar-refractivity contribution < 1.29 is 9.53 Å². The van der Waals surface area contributed by atoms with Gasteiger partial charge in [-0.3, -0.25) is 4.79 Å². The highest BCUT2D eigenvalue weighted by atomic mass is 16.5. The number of ether oxygens (including phenoxy) is 1. The Bertz CT molecular complexity index is 1030. The molecule has 36 heavy (non-hydrogen) atoms. The molecular formula is C29H39N5O2. The first-order chi connectivity index (χ1) is 17.8. The molecule has 192 valence electrons. The van der Waals surface area contributed by atoms with Crippen LogP contribution < -0.4 is 15.5 Å². The Morgan fingerprint density at radius 2 is 1.92 bits per heavy atom. The van der Waals surface area contributed by atoms with Crippen LogP contribution in [-0.4, -0.2) is 61.4 Å². The lowest BCUT2D eigenvalue weighted by molar-refractivity contribution is 0.0594. The van der Waals surface area contributed by atoms with Gasteiger partial charge in [-0.1, -0.05) is 6.07 Å². The standard InChI is InChI=1S/C29H39N5O2/c35-19-22-5-4-21(16-28(22)34-10-2-1-3-11-34)26-6-7-29(33-32-26)31-24-15-23-18-30-27(25(23)17-24)14-20-8-12-36-13-9-20/h4-7,16,19-20,23-25,27,30H,1-3,8-15,17-18H2,(H,31,33)/t23-,24+,25+,27+/m1/s1. The van der Waals surface area contributed by atoms with Gasteiger partial charge in [0.25, 0.3) is 0 Å². The van der Waals surface area contributed by atoms with Crippen LogP contribution in [0.5, 0.6) is 0 Å². The van der Waals surface area contributed by atoms with Gasteiger partial charge in [0.05, 0.1) is 5.69 Å². The molecule has 0 unspecified atom stereocenters. The molecule has 2 N–H and O–H groups in total. The van der Waals surface area contributed by atoms with Crippen LogP contribution in [0.25, 0.3) is 11.3 Å². The largest absolute Gasteiger partial charge is 0.381 e. The molecular weight excluding hydrogens is 450 g/mol. The summed E-state index contributed by atoms with van der Waals surface area (Å²) < 4.78 is 5.56. The minimum Gasteiger partial charge on any atom is -0.381 e. The van der Waals surface area contributed by atoms with E-state index in [0.717, 1.165) is 85.2 Å². The van der Waals surface area contributed by atoms with Gasteiger partial charge in [-0.15, -0.1) is 10.2 Å². The van der Waals surface area contributed by atoms with Crippen LogP contribution >= 0.6 is 0 Å². The number of fused-ring (bicyclic) bond motifs is 1. The maximum absolute atomic E-state index is 11.6. The summed E-state index contributed by atoms with van der Waals surface area (Å²) in [6.07, 6.45) is 10.7. The molecule has 3 aliphatic heterocycles. The Kier molecular flexibility index (Phi) is 7.19. The molecule has 1 aromatic carbocycles. The lowest BCUT2D eigenvalue weighted by Crippen LogP contribution is -2.33. The second-order valence-corrected chi connectivity index (χ2v) is 11.3. The molecule has 3 saturated heterocycles. The van der Waals surface area contributed by atoms with Crippen molar-refractivity contribution in [2.24, 2.45) is 17.8 Å². The summed E-state index contributed by atoms with van der Waals surface area (Å²) in [5.74, 6) is 3.21. The molecule has 0 amide bonds. The number of aromatic nitrogens is 2. The number of rotatable bonds is 7. The Balaban J connectivity index is 1.08. The number of hydrogen-bond acceptors (Lipinski definition) is 7. The van der Waals surface area contributed by atoms with Gasteiger partial charge in [-0.05, 0) is 99.9 Å². The fraction of sp³-hybridized carbons (Fsp3) is 0.621. The number of carbonyl (C=O) groups is 1. The quantitative estimate of drug-likeness (QED) is 0.553. The van der Waals surface area contributed by atoms with Crippen molar-refractivity contribution in [3.8, 4) is 11.3 Å². The van der Waals surface area contributed by atoms with Crippen molar-refractivity contribution >= 4 is 17.8 Å². The van der Waals surface area contributed by atoms with Crippen LogP contribution in [0.3, 0.4) is 0 Å². The van der Waals surface area contributed by atoms with Crippen LogP contribution in [-0.2, 0) is 4.74 Å². The Labute approximate surface area is 214 Å². The van der Waals surface area contributed by atoms with E-state index in [0.29, 0.717) is 12.1 Å². The summed E-state index contributed by atoms with van der Waals surface area (Å²) in [6.45, 7) is 5.04. The Morgan fingerprint density at radius 3 is 2.69 bits per heavy atom. The maximum Gasteiger partial charge on any atom is 0.152 e. The third-order valence-electron chi connectivity index (χ3n) is 9.00. The summed E-state index contributed by atoms with van der Waals surface area (Å²) in [6, 6.07) is 11.2. The molecule has 1 aromatic heterocycles. The van der Waals surface area contributed by atoms with Crippen molar-refractivity contribution in [2.45, 2.75) is 63.5 Å². The number of anilines is 2. The molecule has 4 heterocycles. The normalized spacial score (nSPS) is 28.7. The van der Waals surface area contributed by atoms with E-state index in [2.05, 4.69) is 43.9 Å². The second kappa shape index (κ2) is 10.9. The zero-order valence-corrected chi connectivity index (χ0v) is 21.2. The van der Waals surface area contributed by atoms with Crippen LogP contribution in [0.4, 0.5) is 11.5 Å². The summed E-state index contributed by atoms with van der Waals surface area (Å²) in [7, 11) is 0. The molecule has 0 spiro atoms. The molecule has 6 rings (SSSR count). The molecule has 0 bridgehead atoms. The summed E-state index contributed by atoms with van der Waals surface area (Å²) in [5, 5.41) is 16.6. The van der Waals surface area contributed by atoms with Gasteiger partial charge >= 0.3 is 0 Å². The number of aldehydes is 1. The highest BCUT2D eigenvalue weighted by Gasteiger charge is 2.43. The number of nitrogens with one attached hydrogen (secondary N) is 2. The van der Waals surface area contributed by atoms with E-state index >= 15 is 0 Å². The van der Waals surface area contributed by atoms with Crippen LogP contribution in [0.15, 0.2) is 30.3 Å². The first-order valence-electron chi connectivity index (χ1n) is 14.0. The van der Waals surface area contributed by atoms with Gasteiger partial charge in [-0.25, -0.2) is 0 Å². The average molecular weight is 490 g/mol. The van der Waals surface area contributed by atoms with Crippen molar-refractivity contribution in [1.29, 1.82) is 0 Å². The summed E-state index contributed by atoms with van der Waals surface area (Å²) >= 11 is 0. The predicted octanol–water partition coefficient (Wildman–Crippen LogP) is 4.54. The minimum atomic E-state index is 0.469. The van der Waals surface area contributed by atoms with E-state index in [1.54, 1.807) is 0 Å². The van der Waals surface area contributed by atoms with E-state index in [-0.39, 0.29) is 0 Å². The van der Waals surface area contributed by atoms with E-state index in [4.69, 9.17) is 4.74 Å². The highest BCUT2D eigenvalue weighted by molar-refractivity contribution is 5.87. The van der Waals surface area contributed by atoms with E-state index in [1.165, 1.54) is 51.4 Å². The highest BCUT2D eigenvalue weighted by Crippen LogP contribution is 2.41. The molecule has 4 atom stereocenters. The average Bonchev–Trinajstić information content (AvgIpc) is 3.51. The van der Waals surface area contributed by atoms with Crippen molar-refractivity contribution in [2.75, 3.05) is 43.1 Å². The van der Waals surface area contributed by atoms with Crippen molar-refractivity contribution in [1.82, 2.24) is 15.5 Å². The molecule has 4 fully saturated rings. The fourth-order valence-corrected chi connectivity index (χ4v) is 7.04. The molecule has 7 nitrogen and oxygen atoms in total. The predicted molar refractivity (Wildman–Crippen MR) is 142 cm³/mol. The number of nitrogens with zero attached hydrogens (tertiary/aromatic N) is 3. The third kappa shape index (κ3) is 5.14. The van der Waals surface area contributed by atoms with Gasteiger partial charge in [0.2, 0.25) is 0 Å². The SMILES string of the molecule is O=Cc1ccc(-c2ccc(N[C@H]3C[C@@H]4CN[C@@H](CC5CCOCC5)[C@H]4C3)nn2)cc1N1CCCCC1. The smallest absolute Gasteiger partial charge is 0.152 e. The lowest BCUT2D eigenvalue weighted by atomic mass is 9.85. The minimum absolute atomic E-state index is 0.469. The van der Waals surface area contributed by atoms with Crippen LogP contribution in [0.1, 0.15) is 61.7 Å². The van der Waals surface area contributed by atoms with Crippen molar-refractivity contribution in [3.63, 3.8) is 0 Å². The molecule has 1 aliphatic carbocycles. The topological polar surface area (TPSA) is 79.4 Å². The number of piperidine rings is 1. The zero-order valence-electron chi connectivity index (χ0n) is 21.2. The van der Waals surface area contributed by atoms with E-state index < -0.39 is 0 Å². The Morgan fingerprint density at radius 1 is 1.06 bits per heavy atom. The molecule has 1 saturated carbocycles. The van der Waals surface area contributed by atoms with Gasteiger partial charge < -0.3 is 20.3 Å². The van der Waals surface area contributed by atoms with Gasteiger partial charge in [0.15, 0.2) is 6.29 Å². The van der Waals surface area contributed by atoms with Crippen LogP contribution in [0, 0.1) is 17.8 Å². The second-order valence-electron chi connectivity index (χ2n) is 11.3. The van der Waals surface area contributed by atoms with Crippen LogP contribution in [0.2, 0.25) is 0 Å². The van der Waals surface area contributed by atoms with E-state index in [9.17, 15) is 4.79 Å². The first-order valence-corrected chi connectivity index (χ1v) is 14.0. The van der Waals surface area contributed by atoms with Crippen molar-refractivity contribution in [3.05, 3.63) is 35.9 Å². The first kappa shape index (κ1) is 23.9. The molecule has 2 aromatic rings. The van der Waals surface area contributed by atoms with E-state index in [1.807, 2.05) is 12.1 Å². The maximum atomic E-state index is 11.6. The zero-order chi connectivity index (χ0) is 24.3. The number of hydrogen-bond donors (Lipinski definition) is 2. The third-order valence-corrected chi connectivity index (χ3v) is 9.00. The van der Waals surface area contributed by atoms with Gasteiger partial charge in [-0.2, -0.15) is 0 Å². The Hall–Kier alpha value is -2.51. The fourth-order valence-electron chi connectivity index (χ4n) is 7.04. The molecule has 7 heteroatoms.